The second-order valence-corrected chi connectivity index (χ2v) is 4.35. The monoisotopic (exact) mass is 226 g/mol. The molecule has 1 atom stereocenters. The molecule has 0 unspecified atom stereocenters. The number of hydrogen-bond acceptors (Lipinski definition) is 3. The van der Waals surface area contributed by atoms with Gasteiger partial charge in [0.05, 0.1) is 6.54 Å². The van der Waals surface area contributed by atoms with E-state index in [0.29, 0.717) is 19.8 Å². The van der Waals surface area contributed by atoms with Gasteiger partial charge in [-0.3, -0.25) is 9.59 Å². The van der Waals surface area contributed by atoms with Crippen molar-refractivity contribution in [1.29, 1.82) is 0 Å². The zero-order valence-electron chi connectivity index (χ0n) is 9.57. The Morgan fingerprint density at radius 2 is 2.06 bits per heavy atom. The topological polar surface area (TPSA) is 58.6 Å². The molecule has 0 aliphatic carbocycles. The molecule has 2 aliphatic rings. The van der Waals surface area contributed by atoms with Crippen LogP contribution in [-0.2, 0) is 14.3 Å². The number of carbonyl (C=O) groups is 2. The van der Waals surface area contributed by atoms with Crippen molar-refractivity contribution in [1.82, 2.24) is 10.2 Å². The fourth-order valence-corrected chi connectivity index (χ4v) is 2.37. The minimum atomic E-state index is -0.329. The van der Waals surface area contributed by atoms with Crippen LogP contribution in [0.3, 0.4) is 0 Å². The lowest BCUT2D eigenvalue weighted by molar-refractivity contribution is -0.146. The molecule has 2 saturated heterocycles. The fraction of sp³-hybridized carbons (Fsp3) is 0.818. The normalized spacial score (nSPS) is 28.1. The maximum Gasteiger partial charge on any atom is 0.245 e. The zero-order valence-corrected chi connectivity index (χ0v) is 9.57. The zero-order chi connectivity index (χ0) is 11.5. The molecule has 0 spiro atoms. The summed E-state index contributed by atoms with van der Waals surface area (Å²) in [5.74, 6) is 0.256. The van der Waals surface area contributed by atoms with Gasteiger partial charge in [0.25, 0.3) is 0 Å². The number of amides is 2. The second kappa shape index (κ2) is 4.82. The van der Waals surface area contributed by atoms with Gasteiger partial charge >= 0.3 is 0 Å². The molecule has 0 bridgehead atoms. The molecule has 16 heavy (non-hydrogen) atoms. The summed E-state index contributed by atoms with van der Waals surface area (Å²) in [6.07, 6.45) is 1.71. The number of likely N-dealkylation sites (N-methyl/N-ethyl adjacent to an activating group) is 1. The highest BCUT2D eigenvalue weighted by molar-refractivity contribution is 5.95. The molecule has 0 aromatic rings. The Labute approximate surface area is 95.1 Å². The van der Waals surface area contributed by atoms with Crippen molar-refractivity contribution in [2.45, 2.75) is 25.8 Å². The van der Waals surface area contributed by atoms with Gasteiger partial charge in [-0.15, -0.1) is 0 Å². The molecule has 5 nitrogen and oxygen atoms in total. The van der Waals surface area contributed by atoms with Gasteiger partial charge in [-0.2, -0.15) is 0 Å². The van der Waals surface area contributed by atoms with E-state index in [1.165, 1.54) is 0 Å². The van der Waals surface area contributed by atoms with E-state index in [1.807, 2.05) is 6.92 Å². The molecular formula is C11H18N2O3. The molecule has 0 aromatic heterocycles. The molecule has 2 amide bonds. The number of carbonyl (C=O) groups excluding carboxylic acids is 2. The average molecular weight is 226 g/mol. The van der Waals surface area contributed by atoms with Gasteiger partial charge in [0.15, 0.2) is 0 Å². The number of rotatable bonds is 2. The smallest absolute Gasteiger partial charge is 0.245 e. The van der Waals surface area contributed by atoms with E-state index < -0.39 is 0 Å². The highest BCUT2D eigenvalue weighted by Crippen LogP contribution is 2.21. The first-order valence-corrected chi connectivity index (χ1v) is 5.88. The summed E-state index contributed by atoms with van der Waals surface area (Å²) in [5, 5.41) is 2.81. The predicted molar refractivity (Wildman–Crippen MR) is 57.7 cm³/mol. The van der Waals surface area contributed by atoms with Crippen LogP contribution in [-0.4, -0.2) is 49.1 Å². The van der Waals surface area contributed by atoms with Gasteiger partial charge in [-0.25, -0.2) is 0 Å². The van der Waals surface area contributed by atoms with Crippen LogP contribution in [0, 0.1) is 5.92 Å². The Kier molecular flexibility index (Phi) is 3.43. The number of piperazine rings is 1. The second-order valence-electron chi connectivity index (χ2n) is 4.35. The van der Waals surface area contributed by atoms with Crippen molar-refractivity contribution in [2.24, 2.45) is 5.92 Å². The molecule has 1 N–H and O–H groups in total. The van der Waals surface area contributed by atoms with Crippen molar-refractivity contribution in [2.75, 3.05) is 26.3 Å². The third-order valence-electron chi connectivity index (χ3n) is 3.35. The Morgan fingerprint density at radius 3 is 2.69 bits per heavy atom. The molecule has 0 aromatic carbocycles. The molecule has 0 saturated carbocycles. The number of ether oxygens (including phenoxy) is 1. The van der Waals surface area contributed by atoms with Crippen LogP contribution in [0.2, 0.25) is 0 Å². The van der Waals surface area contributed by atoms with E-state index >= 15 is 0 Å². The Morgan fingerprint density at radius 1 is 1.38 bits per heavy atom. The summed E-state index contributed by atoms with van der Waals surface area (Å²) in [6.45, 7) is 4.09. The van der Waals surface area contributed by atoms with Crippen LogP contribution in [0.25, 0.3) is 0 Å². The van der Waals surface area contributed by atoms with Crippen LogP contribution >= 0.6 is 0 Å². The van der Waals surface area contributed by atoms with Crippen molar-refractivity contribution in [3.8, 4) is 0 Å². The van der Waals surface area contributed by atoms with Gasteiger partial charge in [0.1, 0.15) is 6.04 Å². The Hall–Kier alpha value is -1.10. The summed E-state index contributed by atoms with van der Waals surface area (Å²) >= 11 is 0. The molecule has 5 heteroatoms. The largest absolute Gasteiger partial charge is 0.381 e. The number of hydrogen-bond donors (Lipinski definition) is 1. The first-order chi connectivity index (χ1) is 7.72. The SMILES string of the molecule is CCN1CC(=O)N[C@H](C2CCOCC2)C1=O. The van der Waals surface area contributed by atoms with Crippen molar-refractivity contribution in [3.05, 3.63) is 0 Å². The molecular weight excluding hydrogens is 208 g/mol. The van der Waals surface area contributed by atoms with Gasteiger partial charge in [-0.05, 0) is 25.7 Å². The lowest BCUT2D eigenvalue weighted by atomic mass is 9.89. The summed E-state index contributed by atoms with van der Waals surface area (Å²) in [7, 11) is 0. The Bertz CT molecular complexity index is 287. The molecule has 2 aliphatic heterocycles. The van der Waals surface area contributed by atoms with Crippen LogP contribution in [0.15, 0.2) is 0 Å². The van der Waals surface area contributed by atoms with Crippen molar-refractivity contribution >= 4 is 11.8 Å². The third-order valence-corrected chi connectivity index (χ3v) is 3.35. The summed E-state index contributed by atoms with van der Waals surface area (Å²) in [5.41, 5.74) is 0. The standard InChI is InChI=1S/C11H18N2O3/c1-2-13-7-9(14)12-10(11(13)15)8-3-5-16-6-4-8/h8,10H,2-7H2,1H3,(H,12,14)/t10-/m1/s1. The average Bonchev–Trinajstić information content (AvgIpc) is 2.33. The van der Waals surface area contributed by atoms with E-state index in [1.54, 1.807) is 4.90 Å². The lowest BCUT2D eigenvalue weighted by Gasteiger charge is -2.37. The van der Waals surface area contributed by atoms with Crippen LogP contribution in [0.5, 0.6) is 0 Å². The minimum absolute atomic E-state index is 0.0436. The minimum Gasteiger partial charge on any atom is -0.381 e. The van der Waals surface area contributed by atoms with Crippen molar-refractivity contribution in [3.63, 3.8) is 0 Å². The summed E-state index contributed by atoms with van der Waals surface area (Å²) in [6, 6.07) is -0.329. The first kappa shape index (κ1) is 11.4. The number of nitrogens with zero attached hydrogens (tertiary/aromatic N) is 1. The van der Waals surface area contributed by atoms with E-state index in [2.05, 4.69) is 5.32 Å². The predicted octanol–water partition coefficient (Wildman–Crippen LogP) is -0.240. The third kappa shape index (κ3) is 2.19. The number of nitrogens with one attached hydrogen (secondary N) is 1. The lowest BCUT2D eigenvalue weighted by Crippen LogP contribution is -2.60. The van der Waals surface area contributed by atoms with Crippen LogP contribution in [0.1, 0.15) is 19.8 Å². The molecule has 2 heterocycles. The molecule has 90 valence electrons. The van der Waals surface area contributed by atoms with Crippen molar-refractivity contribution < 1.29 is 14.3 Å². The van der Waals surface area contributed by atoms with Crippen LogP contribution < -0.4 is 5.32 Å². The maximum atomic E-state index is 12.1. The molecule has 2 rings (SSSR count). The molecule has 0 radical (unpaired) electrons. The van der Waals surface area contributed by atoms with E-state index in [-0.39, 0.29) is 30.3 Å². The maximum absolute atomic E-state index is 12.1. The summed E-state index contributed by atoms with van der Waals surface area (Å²) < 4.78 is 5.27. The Balaban J connectivity index is 2.06. The summed E-state index contributed by atoms with van der Waals surface area (Å²) in [4.78, 5) is 25.2. The van der Waals surface area contributed by atoms with E-state index in [0.717, 1.165) is 12.8 Å². The quantitative estimate of drug-likeness (QED) is 0.707. The van der Waals surface area contributed by atoms with E-state index in [9.17, 15) is 9.59 Å². The van der Waals surface area contributed by atoms with Gasteiger partial charge in [0.2, 0.25) is 11.8 Å². The molecule has 2 fully saturated rings. The fourth-order valence-electron chi connectivity index (χ4n) is 2.37. The highest BCUT2D eigenvalue weighted by Gasteiger charge is 2.37. The first-order valence-electron chi connectivity index (χ1n) is 5.88. The van der Waals surface area contributed by atoms with Gasteiger partial charge in [-0.1, -0.05) is 0 Å². The van der Waals surface area contributed by atoms with E-state index in [4.69, 9.17) is 4.74 Å². The van der Waals surface area contributed by atoms with Gasteiger partial charge in [0, 0.05) is 19.8 Å². The van der Waals surface area contributed by atoms with Gasteiger partial charge < -0.3 is 15.0 Å². The highest BCUT2D eigenvalue weighted by atomic mass is 16.5. The van der Waals surface area contributed by atoms with Crippen LogP contribution in [0.4, 0.5) is 0 Å².